The maximum atomic E-state index is 12.1. The number of rotatable bonds is 3. The third-order valence-electron chi connectivity index (χ3n) is 2.37. The standard InChI is InChI=1S/C13H14BrNO/c1-4-8-15(5-2)13(16)12-7-6-11(14)9-10(12)3/h1,6-7,9H,5,8H2,2-3H3. The van der Waals surface area contributed by atoms with Gasteiger partial charge in [-0.15, -0.1) is 6.42 Å². The van der Waals surface area contributed by atoms with Gasteiger partial charge in [0.1, 0.15) is 0 Å². The number of nitrogens with zero attached hydrogens (tertiary/aromatic N) is 1. The molecule has 0 radical (unpaired) electrons. The molecule has 0 saturated heterocycles. The van der Waals surface area contributed by atoms with Crippen LogP contribution in [0.4, 0.5) is 0 Å². The fraction of sp³-hybridized carbons (Fsp3) is 0.308. The largest absolute Gasteiger partial charge is 0.328 e. The van der Waals surface area contributed by atoms with Gasteiger partial charge in [0.05, 0.1) is 6.54 Å². The Morgan fingerprint density at radius 2 is 2.25 bits per heavy atom. The first-order chi connectivity index (χ1) is 7.60. The van der Waals surface area contributed by atoms with Crippen molar-refractivity contribution in [2.24, 2.45) is 0 Å². The average molecular weight is 280 g/mol. The van der Waals surface area contributed by atoms with Crippen LogP contribution < -0.4 is 0 Å². The molecule has 1 rings (SSSR count). The van der Waals surface area contributed by atoms with Crippen LogP contribution in [0.25, 0.3) is 0 Å². The molecule has 1 amide bonds. The summed E-state index contributed by atoms with van der Waals surface area (Å²) in [5.74, 6) is 2.49. The fourth-order valence-corrected chi connectivity index (χ4v) is 1.95. The zero-order valence-corrected chi connectivity index (χ0v) is 11.0. The van der Waals surface area contributed by atoms with E-state index in [-0.39, 0.29) is 5.91 Å². The highest BCUT2D eigenvalue weighted by molar-refractivity contribution is 9.10. The first-order valence-electron chi connectivity index (χ1n) is 5.09. The highest BCUT2D eigenvalue weighted by Crippen LogP contribution is 2.17. The quantitative estimate of drug-likeness (QED) is 0.780. The van der Waals surface area contributed by atoms with Crippen molar-refractivity contribution in [1.82, 2.24) is 4.90 Å². The lowest BCUT2D eigenvalue weighted by Crippen LogP contribution is -2.31. The van der Waals surface area contributed by atoms with E-state index in [0.717, 1.165) is 10.0 Å². The first kappa shape index (κ1) is 12.8. The van der Waals surface area contributed by atoms with Crippen LogP contribution in [0.1, 0.15) is 22.8 Å². The number of aryl methyl sites for hydroxylation is 1. The molecule has 0 unspecified atom stereocenters. The molecule has 0 spiro atoms. The number of carbonyl (C=O) groups excluding carboxylic acids is 1. The Bertz CT molecular complexity index is 434. The molecule has 0 aliphatic heterocycles. The lowest BCUT2D eigenvalue weighted by Gasteiger charge is -2.19. The minimum atomic E-state index is -0.00884. The topological polar surface area (TPSA) is 20.3 Å². The molecule has 0 atom stereocenters. The second-order valence-electron chi connectivity index (χ2n) is 3.48. The maximum absolute atomic E-state index is 12.1. The summed E-state index contributed by atoms with van der Waals surface area (Å²) in [4.78, 5) is 13.8. The van der Waals surface area contributed by atoms with E-state index in [0.29, 0.717) is 18.7 Å². The normalized spacial score (nSPS) is 9.62. The summed E-state index contributed by atoms with van der Waals surface area (Å²) in [5, 5.41) is 0. The van der Waals surface area contributed by atoms with Gasteiger partial charge >= 0.3 is 0 Å². The van der Waals surface area contributed by atoms with Crippen LogP contribution >= 0.6 is 15.9 Å². The Labute approximate surface area is 105 Å². The van der Waals surface area contributed by atoms with Gasteiger partial charge in [-0.1, -0.05) is 21.9 Å². The van der Waals surface area contributed by atoms with E-state index in [2.05, 4.69) is 21.9 Å². The van der Waals surface area contributed by atoms with Crippen LogP contribution in [0, 0.1) is 19.3 Å². The van der Waals surface area contributed by atoms with E-state index in [9.17, 15) is 4.79 Å². The van der Waals surface area contributed by atoms with Crippen molar-refractivity contribution in [3.63, 3.8) is 0 Å². The van der Waals surface area contributed by atoms with Crippen molar-refractivity contribution in [3.8, 4) is 12.3 Å². The van der Waals surface area contributed by atoms with Crippen molar-refractivity contribution in [1.29, 1.82) is 0 Å². The Kier molecular flexibility index (Phi) is 4.57. The summed E-state index contributed by atoms with van der Waals surface area (Å²) >= 11 is 3.37. The van der Waals surface area contributed by atoms with Crippen molar-refractivity contribution in [2.45, 2.75) is 13.8 Å². The smallest absolute Gasteiger partial charge is 0.254 e. The molecule has 0 saturated carbocycles. The summed E-state index contributed by atoms with van der Waals surface area (Å²) in [5.41, 5.74) is 1.66. The Hall–Kier alpha value is -1.27. The van der Waals surface area contributed by atoms with Gasteiger partial charge in [0.25, 0.3) is 5.91 Å². The number of benzene rings is 1. The summed E-state index contributed by atoms with van der Waals surface area (Å²) in [7, 11) is 0. The summed E-state index contributed by atoms with van der Waals surface area (Å²) < 4.78 is 0.974. The first-order valence-corrected chi connectivity index (χ1v) is 5.88. The molecule has 0 N–H and O–H groups in total. The number of hydrogen-bond donors (Lipinski definition) is 0. The predicted octanol–water partition coefficient (Wildman–Crippen LogP) is 2.85. The van der Waals surface area contributed by atoms with Crippen molar-refractivity contribution < 1.29 is 4.79 Å². The lowest BCUT2D eigenvalue weighted by atomic mass is 10.1. The molecule has 1 aromatic carbocycles. The molecule has 16 heavy (non-hydrogen) atoms. The molecule has 1 aromatic rings. The molecule has 2 nitrogen and oxygen atoms in total. The van der Waals surface area contributed by atoms with Crippen LogP contribution in [0.5, 0.6) is 0 Å². The number of terminal acetylenes is 1. The monoisotopic (exact) mass is 279 g/mol. The van der Waals surface area contributed by atoms with Gasteiger partial charge in [-0.25, -0.2) is 0 Å². The van der Waals surface area contributed by atoms with Gasteiger partial charge in [0.2, 0.25) is 0 Å². The summed E-state index contributed by atoms with van der Waals surface area (Å²) in [6.45, 7) is 4.81. The van der Waals surface area contributed by atoms with Crippen LogP contribution in [0.3, 0.4) is 0 Å². The molecule has 0 aromatic heterocycles. The minimum absolute atomic E-state index is 0.00884. The van der Waals surface area contributed by atoms with E-state index in [1.54, 1.807) is 4.90 Å². The summed E-state index contributed by atoms with van der Waals surface area (Å²) in [6.07, 6.45) is 5.23. The minimum Gasteiger partial charge on any atom is -0.328 e. The van der Waals surface area contributed by atoms with E-state index in [1.807, 2.05) is 32.0 Å². The number of halogens is 1. The predicted molar refractivity (Wildman–Crippen MR) is 69.3 cm³/mol. The molecule has 0 bridgehead atoms. The van der Waals surface area contributed by atoms with Crippen LogP contribution in [-0.2, 0) is 0 Å². The van der Waals surface area contributed by atoms with Crippen molar-refractivity contribution in [2.75, 3.05) is 13.1 Å². The molecule has 0 fully saturated rings. The van der Waals surface area contributed by atoms with Crippen LogP contribution in [-0.4, -0.2) is 23.9 Å². The molecule has 0 aliphatic carbocycles. The third kappa shape index (κ3) is 2.86. The molecular formula is C13H14BrNO. The summed E-state index contributed by atoms with van der Waals surface area (Å²) in [6, 6.07) is 5.61. The molecule has 0 heterocycles. The zero-order chi connectivity index (χ0) is 12.1. The van der Waals surface area contributed by atoms with Gasteiger partial charge in [0.15, 0.2) is 0 Å². The molecule has 3 heteroatoms. The molecular weight excluding hydrogens is 266 g/mol. The highest BCUT2D eigenvalue weighted by atomic mass is 79.9. The second-order valence-corrected chi connectivity index (χ2v) is 4.40. The van der Waals surface area contributed by atoms with Crippen LogP contribution in [0.15, 0.2) is 22.7 Å². The number of amides is 1. The van der Waals surface area contributed by atoms with Gasteiger partial charge < -0.3 is 4.90 Å². The molecule has 84 valence electrons. The molecule has 0 aliphatic rings. The maximum Gasteiger partial charge on any atom is 0.254 e. The van der Waals surface area contributed by atoms with Crippen molar-refractivity contribution in [3.05, 3.63) is 33.8 Å². The SMILES string of the molecule is C#CCN(CC)C(=O)c1ccc(Br)cc1C. The Balaban J connectivity index is 3.00. The van der Waals surface area contributed by atoms with Crippen LogP contribution in [0.2, 0.25) is 0 Å². The lowest BCUT2D eigenvalue weighted by molar-refractivity contribution is 0.0784. The number of carbonyl (C=O) groups is 1. The van der Waals surface area contributed by atoms with E-state index in [4.69, 9.17) is 6.42 Å². The second kappa shape index (κ2) is 5.72. The van der Waals surface area contributed by atoms with E-state index in [1.165, 1.54) is 0 Å². The van der Waals surface area contributed by atoms with E-state index < -0.39 is 0 Å². The Morgan fingerprint density at radius 3 is 2.75 bits per heavy atom. The fourth-order valence-electron chi connectivity index (χ4n) is 1.47. The zero-order valence-electron chi connectivity index (χ0n) is 9.46. The van der Waals surface area contributed by atoms with E-state index >= 15 is 0 Å². The van der Waals surface area contributed by atoms with Crippen molar-refractivity contribution >= 4 is 21.8 Å². The Morgan fingerprint density at radius 1 is 1.56 bits per heavy atom. The number of hydrogen-bond acceptors (Lipinski definition) is 1. The average Bonchev–Trinajstić information content (AvgIpc) is 2.25. The third-order valence-corrected chi connectivity index (χ3v) is 2.86. The van der Waals surface area contributed by atoms with Gasteiger partial charge in [-0.05, 0) is 37.6 Å². The van der Waals surface area contributed by atoms with Gasteiger partial charge in [-0.3, -0.25) is 4.79 Å². The highest BCUT2D eigenvalue weighted by Gasteiger charge is 2.15. The van der Waals surface area contributed by atoms with Gasteiger partial charge in [0, 0.05) is 16.6 Å². The van der Waals surface area contributed by atoms with Gasteiger partial charge in [-0.2, -0.15) is 0 Å².